The summed E-state index contributed by atoms with van der Waals surface area (Å²) in [7, 11) is 0. The lowest BCUT2D eigenvalue weighted by atomic mass is 10.2. The third kappa shape index (κ3) is 1.24. The summed E-state index contributed by atoms with van der Waals surface area (Å²) in [6, 6.07) is 3.64. The maximum absolute atomic E-state index is 9.64. The topological polar surface area (TPSA) is 61.8 Å². The Morgan fingerprint density at radius 2 is 2.50 bits per heavy atom. The molecule has 2 rings (SSSR count). The van der Waals surface area contributed by atoms with Crippen LogP contribution in [-0.4, -0.2) is 19.7 Å². The van der Waals surface area contributed by atoms with E-state index in [0.29, 0.717) is 5.69 Å². The minimum Gasteiger partial charge on any atom is -0.380 e. The second kappa shape index (κ2) is 3.04. The van der Waals surface area contributed by atoms with Crippen LogP contribution in [0.2, 0.25) is 0 Å². The molecule has 0 saturated carbocycles. The van der Waals surface area contributed by atoms with Crippen LogP contribution in [0.3, 0.4) is 0 Å². The van der Waals surface area contributed by atoms with Gasteiger partial charge in [0.15, 0.2) is 0 Å². The van der Waals surface area contributed by atoms with E-state index in [1.54, 1.807) is 11.6 Å². The van der Waals surface area contributed by atoms with Crippen molar-refractivity contribution in [2.24, 2.45) is 0 Å². The second-order valence-electron chi connectivity index (χ2n) is 2.36. The van der Waals surface area contributed by atoms with Gasteiger partial charge < -0.3 is 10.1 Å². The van der Waals surface area contributed by atoms with Gasteiger partial charge in [0.2, 0.25) is 0 Å². The van der Waals surface area contributed by atoms with Crippen molar-refractivity contribution in [1.82, 2.24) is 14.6 Å². The molecule has 12 heavy (non-hydrogen) atoms. The molecule has 2 aromatic heterocycles. The second-order valence-corrected chi connectivity index (χ2v) is 2.97. The summed E-state index contributed by atoms with van der Waals surface area (Å²) in [6.45, 7) is 0. The molecule has 0 radical (unpaired) electrons. The van der Waals surface area contributed by atoms with Crippen LogP contribution in [0.4, 0.5) is 0 Å². The van der Waals surface area contributed by atoms with E-state index < -0.39 is 6.10 Å². The fourth-order valence-corrected chi connectivity index (χ4v) is 1.44. The van der Waals surface area contributed by atoms with Crippen LogP contribution in [0.1, 0.15) is 17.5 Å². The number of aromatic nitrogens is 3. The van der Waals surface area contributed by atoms with Gasteiger partial charge in [-0.3, -0.25) is 0 Å². The molecule has 0 aliphatic heterocycles. The number of nitrogens with zero attached hydrogens (tertiary/aromatic N) is 2. The van der Waals surface area contributed by atoms with Gasteiger partial charge in [-0.25, -0.2) is 0 Å². The highest BCUT2D eigenvalue weighted by Crippen LogP contribution is 2.18. The first-order chi connectivity index (χ1) is 5.88. The molecule has 4 nitrogen and oxygen atoms in total. The average molecular weight is 181 g/mol. The van der Waals surface area contributed by atoms with Gasteiger partial charge in [0.1, 0.15) is 11.8 Å². The molecule has 2 aromatic rings. The molecule has 5 heteroatoms. The van der Waals surface area contributed by atoms with E-state index in [-0.39, 0.29) is 0 Å². The lowest BCUT2D eigenvalue weighted by molar-refractivity contribution is 0.211. The largest absolute Gasteiger partial charge is 0.380 e. The number of aliphatic hydroxyl groups is 1. The van der Waals surface area contributed by atoms with E-state index in [0.717, 1.165) is 5.69 Å². The smallest absolute Gasteiger partial charge is 0.138 e. The first kappa shape index (κ1) is 7.45. The van der Waals surface area contributed by atoms with Crippen molar-refractivity contribution in [3.05, 3.63) is 35.1 Å². The molecular formula is C7H7N3OS. The highest BCUT2D eigenvalue weighted by molar-refractivity contribution is 7.03. The Hall–Kier alpha value is -1.20. The normalized spacial score (nSPS) is 13.1. The lowest BCUT2D eigenvalue weighted by Crippen LogP contribution is -1.99. The molecule has 1 unspecified atom stereocenters. The van der Waals surface area contributed by atoms with E-state index >= 15 is 0 Å². The van der Waals surface area contributed by atoms with E-state index in [1.165, 1.54) is 11.5 Å². The van der Waals surface area contributed by atoms with Crippen LogP contribution >= 0.6 is 11.5 Å². The van der Waals surface area contributed by atoms with E-state index in [2.05, 4.69) is 14.6 Å². The molecule has 62 valence electrons. The molecule has 0 bridgehead atoms. The van der Waals surface area contributed by atoms with Crippen LogP contribution in [0.25, 0.3) is 0 Å². The van der Waals surface area contributed by atoms with Gasteiger partial charge in [-0.05, 0) is 23.7 Å². The maximum atomic E-state index is 9.64. The van der Waals surface area contributed by atoms with E-state index in [9.17, 15) is 5.11 Å². The number of nitrogens with one attached hydrogen (secondary N) is 1. The predicted octanol–water partition coefficient (Wildman–Crippen LogP) is 0.948. The van der Waals surface area contributed by atoms with Gasteiger partial charge in [-0.1, -0.05) is 4.49 Å². The predicted molar refractivity (Wildman–Crippen MR) is 44.8 cm³/mol. The summed E-state index contributed by atoms with van der Waals surface area (Å²) in [5.41, 5.74) is 1.32. The third-order valence-corrected chi connectivity index (χ3v) is 2.10. The number of hydrogen-bond acceptors (Lipinski definition) is 4. The van der Waals surface area contributed by atoms with Crippen molar-refractivity contribution in [3.8, 4) is 0 Å². The van der Waals surface area contributed by atoms with Crippen molar-refractivity contribution in [1.29, 1.82) is 0 Å². The molecule has 2 heterocycles. The Morgan fingerprint density at radius 3 is 3.08 bits per heavy atom. The summed E-state index contributed by atoms with van der Waals surface area (Å²) >= 11 is 1.23. The van der Waals surface area contributed by atoms with E-state index in [1.807, 2.05) is 12.1 Å². The summed E-state index contributed by atoms with van der Waals surface area (Å²) in [5, 5.41) is 15.1. The monoisotopic (exact) mass is 181 g/mol. The van der Waals surface area contributed by atoms with Gasteiger partial charge in [0, 0.05) is 11.6 Å². The molecule has 0 aromatic carbocycles. The zero-order chi connectivity index (χ0) is 8.39. The lowest BCUT2D eigenvalue weighted by Gasteiger charge is -2.02. The van der Waals surface area contributed by atoms with Crippen LogP contribution in [0.15, 0.2) is 23.7 Å². The summed E-state index contributed by atoms with van der Waals surface area (Å²) in [4.78, 5) is 2.91. The summed E-state index contributed by atoms with van der Waals surface area (Å²) in [6.07, 6.45) is 1.08. The molecule has 0 aliphatic rings. The third-order valence-electron chi connectivity index (χ3n) is 1.57. The molecule has 1 atom stereocenters. The summed E-state index contributed by atoms with van der Waals surface area (Å²) in [5.74, 6) is 0. The Labute approximate surface area is 73.0 Å². The zero-order valence-corrected chi connectivity index (χ0v) is 6.95. The Morgan fingerprint density at radius 1 is 1.58 bits per heavy atom. The number of aliphatic hydroxyl groups excluding tert-OH is 1. The molecule has 2 N–H and O–H groups in total. The van der Waals surface area contributed by atoms with E-state index in [4.69, 9.17) is 0 Å². The first-order valence-electron chi connectivity index (χ1n) is 3.46. The van der Waals surface area contributed by atoms with Crippen LogP contribution in [-0.2, 0) is 0 Å². The fourth-order valence-electron chi connectivity index (χ4n) is 0.965. The molecule has 0 saturated heterocycles. The minimum absolute atomic E-state index is 0.586. The number of rotatable bonds is 2. The Bertz CT molecular complexity index is 295. The van der Waals surface area contributed by atoms with Gasteiger partial charge in [-0.2, -0.15) is 0 Å². The maximum Gasteiger partial charge on any atom is 0.138 e. The zero-order valence-electron chi connectivity index (χ0n) is 6.14. The molecule has 0 fully saturated rings. The SMILES string of the molecule is OC(c1csnn1)c1ccc[nH]1. The Kier molecular flexibility index (Phi) is 1.89. The summed E-state index contributed by atoms with van der Waals surface area (Å²) < 4.78 is 3.67. The average Bonchev–Trinajstić information content (AvgIpc) is 2.77. The molecule has 0 amide bonds. The molecular weight excluding hydrogens is 174 g/mol. The van der Waals surface area contributed by atoms with Gasteiger partial charge in [-0.15, -0.1) is 5.10 Å². The fraction of sp³-hybridized carbons (Fsp3) is 0.143. The van der Waals surface area contributed by atoms with Crippen LogP contribution < -0.4 is 0 Å². The van der Waals surface area contributed by atoms with Crippen molar-refractivity contribution >= 4 is 11.5 Å². The quantitative estimate of drug-likeness (QED) is 0.725. The first-order valence-corrected chi connectivity index (χ1v) is 4.30. The Balaban J connectivity index is 2.27. The minimum atomic E-state index is -0.682. The highest BCUT2D eigenvalue weighted by atomic mass is 32.1. The van der Waals surface area contributed by atoms with Gasteiger partial charge >= 0.3 is 0 Å². The van der Waals surface area contributed by atoms with Crippen molar-refractivity contribution < 1.29 is 5.11 Å². The van der Waals surface area contributed by atoms with Crippen molar-refractivity contribution in [3.63, 3.8) is 0 Å². The van der Waals surface area contributed by atoms with Gasteiger partial charge in [0.05, 0.1) is 5.69 Å². The number of H-pyrrole nitrogens is 1. The number of aromatic amines is 1. The highest BCUT2D eigenvalue weighted by Gasteiger charge is 2.12. The van der Waals surface area contributed by atoms with Crippen molar-refractivity contribution in [2.75, 3.05) is 0 Å². The van der Waals surface area contributed by atoms with Crippen LogP contribution in [0, 0.1) is 0 Å². The van der Waals surface area contributed by atoms with Crippen molar-refractivity contribution in [2.45, 2.75) is 6.10 Å². The number of hydrogen-bond donors (Lipinski definition) is 2. The van der Waals surface area contributed by atoms with Crippen LogP contribution in [0.5, 0.6) is 0 Å². The molecule has 0 spiro atoms. The van der Waals surface area contributed by atoms with Gasteiger partial charge in [0.25, 0.3) is 0 Å². The molecule has 0 aliphatic carbocycles. The standard InChI is InChI=1S/C7H7N3OS/c11-7(5-2-1-3-8-5)6-4-12-10-9-6/h1-4,7-8,11H.